The van der Waals surface area contributed by atoms with E-state index < -0.39 is 18.0 Å². The second-order valence-corrected chi connectivity index (χ2v) is 6.35. The Balaban J connectivity index is 2.16. The second kappa shape index (κ2) is 8.87. The van der Waals surface area contributed by atoms with Crippen LogP contribution in [0.2, 0.25) is 10.2 Å². The van der Waals surface area contributed by atoms with Gasteiger partial charge in [-0.3, -0.25) is 4.79 Å². The molecule has 26 heavy (non-hydrogen) atoms. The topological polar surface area (TPSA) is 73.2 Å². The number of ether oxygens (including phenoxy) is 1. The Morgan fingerprint density at radius 1 is 1.38 bits per heavy atom. The molecule has 1 atom stereocenters. The molecule has 6 nitrogen and oxygen atoms in total. The van der Waals surface area contributed by atoms with Crippen LogP contribution in [0.3, 0.4) is 0 Å². The summed E-state index contributed by atoms with van der Waals surface area (Å²) in [7, 11) is 0. The van der Waals surface area contributed by atoms with Crippen LogP contribution in [0.5, 0.6) is 0 Å². The molecule has 0 radical (unpaired) electrons. The molecule has 1 unspecified atom stereocenters. The third-order valence-corrected chi connectivity index (χ3v) is 4.37. The van der Waals surface area contributed by atoms with Gasteiger partial charge in [0.25, 0.3) is 5.91 Å². The Bertz CT molecular complexity index is 833. The zero-order chi connectivity index (χ0) is 19.3. The standard InChI is InChI=1S/C18H19Cl2N3O3/c1-4-9-21-17(24)12(3)26-18(25)15-11(2)22-23(16(15)20)10-13-7-5-6-8-14(13)19/h4-8,12H,1,9-10H2,2-3H3,(H,21,24). The van der Waals surface area contributed by atoms with Crippen molar-refractivity contribution in [2.45, 2.75) is 26.5 Å². The van der Waals surface area contributed by atoms with E-state index in [0.717, 1.165) is 5.56 Å². The molecule has 0 aliphatic heterocycles. The predicted octanol–water partition coefficient (Wildman–Crippen LogP) is 3.39. The number of carbonyl (C=O) groups excluding carboxylic acids is 2. The van der Waals surface area contributed by atoms with Crippen LogP contribution in [-0.2, 0) is 16.1 Å². The lowest BCUT2D eigenvalue weighted by Gasteiger charge is -2.12. The van der Waals surface area contributed by atoms with Gasteiger partial charge in [-0.1, -0.05) is 47.5 Å². The molecule has 138 valence electrons. The van der Waals surface area contributed by atoms with Gasteiger partial charge in [-0.25, -0.2) is 9.48 Å². The minimum absolute atomic E-state index is 0.127. The van der Waals surface area contributed by atoms with E-state index in [1.54, 1.807) is 13.0 Å². The van der Waals surface area contributed by atoms with Gasteiger partial charge in [0.05, 0.1) is 12.2 Å². The third-order valence-electron chi connectivity index (χ3n) is 3.62. The van der Waals surface area contributed by atoms with Gasteiger partial charge in [-0.05, 0) is 25.5 Å². The molecular formula is C18H19Cl2N3O3. The maximum atomic E-state index is 12.4. The molecule has 0 bridgehead atoms. The van der Waals surface area contributed by atoms with Crippen LogP contribution in [0.1, 0.15) is 28.5 Å². The molecule has 1 heterocycles. The molecule has 0 aliphatic rings. The van der Waals surface area contributed by atoms with Crippen LogP contribution in [0.4, 0.5) is 0 Å². The Morgan fingerprint density at radius 3 is 2.73 bits per heavy atom. The number of aryl methyl sites for hydroxylation is 1. The summed E-state index contributed by atoms with van der Waals surface area (Å²) >= 11 is 12.5. The molecule has 1 N–H and O–H groups in total. The van der Waals surface area contributed by atoms with Crippen molar-refractivity contribution in [2.75, 3.05) is 6.54 Å². The SMILES string of the molecule is C=CCNC(=O)C(C)OC(=O)c1c(C)nn(Cc2ccccc2Cl)c1Cl. The minimum atomic E-state index is -0.968. The number of rotatable bonds is 7. The molecular weight excluding hydrogens is 377 g/mol. The molecule has 0 aliphatic carbocycles. The monoisotopic (exact) mass is 395 g/mol. The van der Waals surface area contributed by atoms with Crippen LogP contribution in [-0.4, -0.2) is 34.3 Å². The van der Waals surface area contributed by atoms with Crippen LogP contribution in [0, 0.1) is 6.92 Å². The van der Waals surface area contributed by atoms with Crippen molar-refractivity contribution < 1.29 is 14.3 Å². The van der Waals surface area contributed by atoms with Gasteiger partial charge in [0.2, 0.25) is 0 Å². The first kappa shape index (κ1) is 20.0. The van der Waals surface area contributed by atoms with E-state index in [-0.39, 0.29) is 17.3 Å². The van der Waals surface area contributed by atoms with Crippen LogP contribution >= 0.6 is 23.2 Å². The number of aromatic nitrogens is 2. The molecule has 1 aromatic carbocycles. The van der Waals surface area contributed by atoms with Crippen molar-refractivity contribution >= 4 is 35.1 Å². The van der Waals surface area contributed by atoms with Gasteiger partial charge < -0.3 is 10.1 Å². The van der Waals surface area contributed by atoms with Gasteiger partial charge in [0, 0.05) is 11.6 Å². The Kier molecular flexibility index (Phi) is 6.83. The van der Waals surface area contributed by atoms with Crippen LogP contribution in [0.25, 0.3) is 0 Å². The van der Waals surface area contributed by atoms with E-state index in [9.17, 15) is 9.59 Å². The highest BCUT2D eigenvalue weighted by molar-refractivity contribution is 6.33. The highest BCUT2D eigenvalue weighted by Crippen LogP contribution is 2.24. The zero-order valence-corrected chi connectivity index (χ0v) is 16.0. The number of nitrogens with one attached hydrogen (secondary N) is 1. The number of amides is 1. The van der Waals surface area contributed by atoms with Crippen LogP contribution < -0.4 is 5.32 Å². The number of hydrogen-bond donors (Lipinski definition) is 1. The largest absolute Gasteiger partial charge is 0.449 e. The predicted molar refractivity (Wildman–Crippen MR) is 101 cm³/mol. The Labute approximate surface area is 161 Å². The lowest BCUT2D eigenvalue weighted by Crippen LogP contribution is -2.35. The molecule has 2 rings (SSSR count). The van der Waals surface area contributed by atoms with Gasteiger partial charge in [-0.2, -0.15) is 5.10 Å². The highest BCUT2D eigenvalue weighted by atomic mass is 35.5. The number of hydrogen-bond acceptors (Lipinski definition) is 4. The van der Waals surface area contributed by atoms with Crippen molar-refractivity contribution in [3.8, 4) is 0 Å². The number of benzene rings is 1. The summed E-state index contributed by atoms with van der Waals surface area (Å²) in [5, 5.41) is 7.55. The van der Waals surface area contributed by atoms with Crippen molar-refractivity contribution in [3.63, 3.8) is 0 Å². The van der Waals surface area contributed by atoms with Crippen LogP contribution in [0.15, 0.2) is 36.9 Å². The smallest absolute Gasteiger partial charge is 0.343 e. The minimum Gasteiger partial charge on any atom is -0.449 e. The molecule has 2 aromatic rings. The average molecular weight is 396 g/mol. The van der Waals surface area contributed by atoms with Gasteiger partial charge in [-0.15, -0.1) is 6.58 Å². The summed E-state index contributed by atoms with van der Waals surface area (Å²) in [5.74, 6) is -1.13. The number of carbonyl (C=O) groups is 2. The average Bonchev–Trinajstić information content (AvgIpc) is 2.88. The maximum Gasteiger partial charge on any atom is 0.343 e. The Morgan fingerprint density at radius 2 is 2.08 bits per heavy atom. The fraction of sp³-hybridized carbons (Fsp3) is 0.278. The fourth-order valence-electron chi connectivity index (χ4n) is 2.27. The first-order chi connectivity index (χ1) is 12.3. The molecule has 0 spiro atoms. The summed E-state index contributed by atoms with van der Waals surface area (Å²) in [6.45, 7) is 7.23. The molecule has 0 saturated heterocycles. The first-order valence-electron chi connectivity index (χ1n) is 7.91. The van der Waals surface area contributed by atoms with Gasteiger partial charge in [0.1, 0.15) is 10.7 Å². The van der Waals surface area contributed by atoms with Gasteiger partial charge >= 0.3 is 5.97 Å². The summed E-state index contributed by atoms with van der Waals surface area (Å²) in [4.78, 5) is 24.2. The quantitative estimate of drug-likeness (QED) is 0.575. The maximum absolute atomic E-state index is 12.4. The summed E-state index contributed by atoms with van der Waals surface area (Å²) < 4.78 is 6.66. The van der Waals surface area contributed by atoms with Gasteiger partial charge in [0.15, 0.2) is 6.10 Å². The second-order valence-electron chi connectivity index (χ2n) is 5.58. The van der Waals surface area contributed by atoms with E-state index in [1.165, 1.54) is 17.7 Å². The zero-order valence-electron chi connectivity index (χ0n) is 14.5. The molecule has 0 fully saturated rings. The highest BCUT2D eigenvalue weighted by Gasteiger charge is 2.25. The summed E-state index contributed by atoms with van der Waals surface area (Å²) in [6.07, 6.45) is 0.566. The summed E-state index contributed by atoms with van der Waals surface area (Å²) in [5.41, 5.74) is 1.35. The lowest BCUT2D eigenvalue weighted by atomic mass is 10.2. The Hall–Kier alpha value is -2.31. The van der Waals surface area contributed by atoms with Crippen molar-refractivity contribution in [3.05, 3.63) is 63.9 Å². The number of nitrogens with zero attached hydrogens (tertiary/aromatic N) is 2. The van der Waals surface area contributed by atoms with E-state index in [4.69, 9.17) is 27.9 Å². The normalized spacial score (nSPS) is 11.7. The van der Waals surface area contributed by atoms with E-state index in [1.807, 2.05) is 18.2 Å². The van der Waals surface area contributed by atoms with Crippen molar-refractivity contribution in [2.24, 2.45) is 0 Å². The fourth-order valence-corrected chi connectivity index (χ4v) is 2.77. The number of halogens is 2. The third kappa shape index (κ3) is 4.65. The molecule has 0 saturated carbocycles. The molecule has 1 amide bonds. The lowest BCUT2D eigenvalue weighted by molar-refractivity contribution is -0.128. The first-order valence-corrected chi connectivity index (χ1v) is 8.66. The molecule has 8 heteroatoms. The van der Waals surface area contributed by atoms with E-state index in [0.29, 0.717) is 17.3 Å². The molecule has 1 aromatic heterocycles. The van der Waals surface area contributed by atoms with E-state index >= 15 is 0 Å². The van der Waals surface area contributed by atoms with Crippen molar-refractivity contribution in [1.82, 2.24) is 15.1 Å². The van der Waals surface area contributed by atoms with E-state index in [2.05, 4.69) is 17.0 Å². The summed E-state index contributed by atoms with van der Waals surface area (Å²) in [6, 6.07) is 7.28. The number of esters is 1. The van der Waals surface area contributed by atoms with Crippen molar-refractivity contribution in [1.29, 1.82) is 0 Å².